The Morgan fingerprint density at radius 3 is 2.70 bits per heavy atom. The van der Waals surface area contributed by atoms with Gasteiger partial charge in [0.15, 0.2) is 11.3 Å². The molecule has 1 N–H and O–H groups in total. The number of carboxylic acid groups (broad SMARTS) is 1. The summed E-state index contributed by atoms with van der Waals surface area (Å²) in [5.41, 5.74) is 3.36. The molecule has 0 atom stereocenters. The van der Waals surface area contributed by atoms with Crippen LogP contribution < -0.4 is 0 Å². The van der Waals surface area contributed by atoms with E-state index in [1.807, 2.05) is 29.7 Å². The highest BCUT2D eigenvalue weighted by molar-refractivity contribution is 6.31. The van der Waals surface area contributed by atoms with Crippen LogP contribution in [0.15, 0.2) is 30.3 Å². The molecule has 0 saturated carbocycles. The van der Waals surface area contributed by atoms with Gasteiger partial charge >= 0.3 is 5.97 Å². The molecule has 1 aromatic carbocycles. The second kappa shape index (κ2) is 6.01. The Morgan fingerprint density at radius 1 is 1.26 bits per heavy atom. The van der Waals surface area contributed by atoms with Crippen molar-refractivity contribution in [3.05, 3.63) is 58.0 Å². The molecule has 0 aliphatic rings. The normalized spacial score (nSPS) is 11.1. The monoisotopic (exact) mass is 329 g/mol. The van der Waals surface area contributed by atoms with Crippen molar-refractivity contribution in [2.45, 2.75) is 26.8 Å². The van der Waals surface area contributed by atoms with Gasteiger partial charge in [-0.2, -0.15) is 0 Å². The lowest BCUT2D eigenvalue weighted by atomic mass is 10.1. The number of hydrogen-bond donors (Lipinski definition) is 1. The van der Waals surface area contributed by atoms with Gasteiger partial charge in [-0.3, -0.25) is 0 Å². The van der Waals surface area contributed by atoms with E-state index in [1.165, 1.54) is 11.6 Å². The number of aromatic carboxylic acids is 1. The molecule has 0 saturated heterocycles. The average Bonchev–Trinajstić information content (AvgIpc) is 2.84. The van der Waals surface area contributed by atoms with Crippen LogP contribution in [0.2, 0.25) is 5.02 Å². The summed E-state index contributed by atoms with van der Waals surface area (Å²) in [6.07, 6.45) is 0.927. The van der Waals surface area contributed by atoms with Crippen molar-refractivity contribution in [1.82, 2.24) is 14.5 Å². The number of benzene rings is 1. The molecular weight excluding hydrogens is 314 g/mol. The Labute approximate surface area is 138 Å². The summed E-state index contributed by atoms with van der Waals surface area (Å²) in [4.78, 5) is 19.8. The SMILES string of the molecule is CCc1ccc(Cn2c(C)nc3ccc(C(=O)O)nc32)c(Cl)c1. The van der Waals surface area contributed by atoms with E-state index in [0.29, 0.717) is 22.7 Å². The molecule has 3 aromatic rings. The van der Waals surface area contributed by atoms with Gasteiger partial charge < -0.3 is 9.67 Å². The fraction of sp³-hybridized carbons (Fsp3) is 0.235. The van der Waals surface area contributed by atoms with Crippen molar-refractivity contribution < 1.29 is 9.90 Å². The number of pyridine rings is 1. The van der Waals surface area contributed by atoms with E-state index in [2.05, 4.69) is 16.9 Å². The maximum atomic E-state index is 11.1. The lowest BCUT2D eigenvalue weighted by Gasteiger charge is -2.10. The molecule has 0 fully saturated rings. The third-order valence-corrected chi connectivity index (χ3v) is 4.21. The Kier molecular flexibility index (Phi) is 4.05. The van der Waals surface area contributed by atoms with Gasteiger partial charge in [0.05, 0.1) is 6.54 Å². The lowest BCUT2D eigenvalue weighted by Crippen LogP contribution is -2.06. The fourth-order valence-electron chi connectivity index (χ4n) is 2.53. The van der Waals surface area contributed by atoms with Gasteiger partial charge in [0.1, 0.15) is 11.3 Å². The van der Waals surface area contributed by atoms with Crippen molar-refractivity contribution in [3.63, 3.8) is 0 Å². The third kappa shape index (κ3) is 2.92. The van der Waals surface area contributed by atoms with Gasteiger partial charge in [-0.15, -0.1) is 0 Å². The van der Waals surface area contributed by atoms with E-state index < -0.39 is 5.97 Å². The van der Waals surface area contributed by atoms with Crippen LogP contribution in [0.4, 0.5) is 0 Å². The summed E-state index contributed by atoms with van der Waals surface area (Å²) in [6.45, 7) is 4.45. The number of aromatic nitrogens is 3. The minimum absolute atomic E-state index is 0.00563. The fourth-order valence-corrected chi connectivity index (χ4v) is 2.80. The van der Waals surface area contributed by atoms with Crippen molar-refractivity contribution in [2.24, 2.45) is 0 Å². The van der Waals surface area contributed by atoms with Crippen molar-refractivity contribution in [3.8, 4) is 0 Å². The molecule has 0 amide bonds. The second-order valence-electron chi connectivity index (χ2n) is 5.37. The molecule has 5 nitrogen and oxygen atoms in total. The number of carbonyl (C=O) groups is 1. The summed E-state index contributed by atoms with van der Waals surface area (Å²) in [5, 5.41) is 9.81. The van der Waals surface area contributed by atoms with Crippen LogP contribution in [0.25, 0.3) is 11.2 Å². The van der Waals surface area contributed by atoms with Gasteiger partial charge in [-0.1, -0.05) is 30.7 Å². The maximum absolute atomic E-state index is 11.1. The number of aryl methyl sites for hydroxylation is 2. The molecular formula is C17H16ClN3O2. The number of carboxylic acids is 1. The topological polar surface area (TPSA) is 68.0 Å². The van der Waals surface area contributed by atoms with Crippen molar-refractivity contribution in [2.75, 3.05) is 0 Å². The Morgan fingerprint density at radius 2 is 2.04 bits per heavy atom. The Hall–Kier alpha value is -2.40. The van der Waals surface area contributed by atoms with Crippen LogP contribution in [0.1, 0.15) is 34.4 Å². The average molecular weight is 330 g/mol. The zero-order valence-corrected chi connectivity index (χ0v) is 13.6. The standard InChI is InChI=1S/C17H16ClN3O2/c1-3-11-4-5-12(13(18)8-11)9-21-10(2)19-14-6-7-15(17(22)23)20-16(14)21/h4-8H,3,9H2,1-2H3,(H,22,23). The van der Waals surface area contributed by atoms with Crippen LogP contribution in [0.3, 0.4) is 0 Å². The first-order valence-corrected chi connectivity index (χ1v) is 7.72. The summed E-state index contributed by atoms with van der Waals surface area (Å²) in [6, 6.07) is 9.14. The van der Waals surface area contributed by atoms with E-state index in [4.69, 9.17) is 16.7 Å². The molecule has 0 bridgehead atoms. The minimum atomic E-state index is -1.05. The maximum Gasteiger partial charge on any atom is 0.354 e. The quantitative estimate of drug-likeness (QED) is 0.792. The zero-order chi connectivity index (χ0) is 16.6. The number of nitrogens with zero attached hydrogens (tertiary/aromatic N) is 3. The highest BCUT2D eigenvalue weighted by atomic mass is 35.5. The number of imidazole rings is 1. The van der Waals surface area contributed by atoms with Crippen LogP contribution >= 0.6 is 11.6 Å². The Bertz CT molecular complexity index is 902. The van der Waals surface area contributed by atoms with Gasteiger partial charge in [-0.25, -0.2) is 14.8 Å². The molecule has 2 aromatic heterocycles. The molecule has 0 unspecified atom stereocenters. The number of rotatable bonds is 4. The van der Waals surface area contributed by atoms with Crippen molar-refractivity contribution >= 4 is 28.7 Å². The predicted molar refractivity (Wildman–Crippen MR) is 89.2 cm³/mol. The van der Waals surface area contributed by atoms with Gasteiger partial charge in [-0.05, 0) is 42.7 Å². The van der Waals surface area contributed by atoms with Gasteiger partial charge in [0.25, 0.3) is 0 Å². The second-order valence-corrected chi connectivity index (χ2v) is 5.78. The van der Waals surface area contributed by atoms with E-state index in [-0.39, 0.29) is 5.69 Å². The molecule has 0 aliphatic carbocycles. The van der Waals surface area contributed by atoms with Gasteiger partial charge in [0, 0.05) is 5.02 Å². The zero-order valence-electron chi connectivity index (χ0n) is 12.9. The largest absolute Gasteiger partial charge is 0.477 e. The summed E-state index contributed by atoms with van der Waals surface area (Å²) in [7, 11) is 0. The minimum Gasteiger partial charge on any atom is -0.477 e. The molecule has 0 aliphatic heterocycles. The van der Waals surface area contributed by atoms with E-state index in [9.17, 15) is 4.79 Å². The summed E-state index contributed by atoms with van der Waals surface area (Å²) < 4.78 is 1.88. The molecule has 118 valence electrons. The van der Waals surface area contributed by atoms with E-state index in [1.54, 1.807) is 6.07 Å². The molecule has 6 heteroatoms. The number of fused-ring (bicyclic) bond motifs is 1. The highest BCUT2D eigenvalue weighted by Gasteiger charge is 2.14. The predicted octanol–water partition coefficient (Wildman–Crippen LogP) is 3.70. The molecule has 0 radical (unpaired) electrons. The van der Waals surface area contributed by atoms with E-state index >= 15 is 0 Å². The van der Waals surface area contributed by atoms with Crippen molar-refractivity contribution in [1.29, 1.82) is 0 Å². The van der Waals surface area contributed by atoms with Crippen LogP contribution in [-0.2, 0) is 13.0 Å². The van der Waals surface area contributed by atoms with Crippen LogP contribution in [0.5, 0.6) is 0 Å². The first-order chi connectivity index (χ1) is 11.0. The number of hydrogen-bond acceptors (Lipinski definition) is 3. The third-order valence-electron chi connectivity index (χ3n) is 3.86. The molecule has 2 heterocycles. The van der Waals surface area contributed by atoms with Gasteiger partial charge in [0.2, 0.25) is 0 Å². The van der Waals surface area contributed by atoms with E-state index in [0.717, 1.165) is 17.8 Å². The smallest absolute Gasteiger partial charge is 0.354 e. The highest BCUT2D eigenvalue weighted by Crippen LogP contribution is 2.22. The number of halogens is 1. The first kappa shape index (κ1) is 15.5. The summed E-state index contributed by atoms with van der Waals surface area (Å²) >= 11 is 6.36. The summed E-state index contributed by atoms with van der Waals surface area (Å²) in [5.74, 6) is -0.284. The van der Waals surface area contributed by atoms with Crippen LogP contribution in [-0.4, -0.2) is 25.6 Å². The molecule has 23 heavy (non-hydrogen) atoms. The molecule has 3 rings (SSSR count). The first-order valence-electron chi connectivity index (χ1n) is 7.34. The Balaban J connectivity index is 2.07. The van der Waals surface area contributed by atoms with Crippen LogP contribution in [0, 0.1) is 6.92 Å². The molecule has 0 spiro atoms. The lowest BCUT2D eigenvalue weighted by molar-refractivity contribution is 0.0691.